The smallest absolute Gasteiger partial charge is 0.262 e. The van der Waals surface area contributed by atoms with Crippen molar-refractivity contribution in [3.8, 4) is 5.88 Å². The van der Waals surface area contributed by atoms with Crippen molar-refractivity contribution in [3.63, 3.8) is 0 Å². The standard InChI is InChI=1S/C16H10BrF2N3O2/c17-9-1-3-13-11(5-9)16(21-8-20-13)24-7-15(23)22-14-4-2-10(18)6-12(14)19/h1-6,8H,7H2,(H,22,23). The van der Waals surface area contributed by atoms with Crippen molar-refractivity contribution in [2.45, 2.75) is 0 Å². The van der Waals surface area contributed by atoms with Gasteiger partial charge in [-0.05, 0) is 30.3 Å². The highest BCUT2D eigenvalue weighted by Gasteiger charge is 2.11. The van der Waals surface area contributed by atoms with Crippen molar-refractivity contribution in [2.75, 3.05) is 11.9 Å². The summed E-state index contributed by atoms with van der Waals surface area (Å²) >= 11 is 3.34. The summed E-state index contributed by atoms with van der Waals surface area (Å²) in [6.07, 6.45) is 1.32. The highest BCUT2D eigenvalue weighted by atomic mass is 79.9. The largest absolute Gasteiger partial charge is 0.467 e. The normalized spacial score (nSPS) is 10.6. The molecule has 0 aliphatic rings. The monoisotopic (exact) mass is 393 g/mol. The first-order valence-electron chi connectivity index (χ1n) is 6.81. The molecule has 1 N–H and O–H groups in total. The Balaban J connectivity index is 1.71. The number of nitrogens with one attached hydrogen (secondary N) is 1. The molecule has 0 spiro atoms. The van der Waals surface area contributed by atoms with Crippen molar-refractivity contribution in [3.05, 3.63) is 58.8 Å². The third-order valence-corrected chi connectivity index (χ3v) is 3.60. The Bertz CT molecular complexity index is 921. The van der Waals surface area contributed by atoms with E-state index in [-0.39, 0.29) is 18.2 Å². The van der Waals surface area contributed by atoms with Crippen LogP contribution in [0.15, 0.2) is 47.2 Å². The molecular formula is C16H10BrF2N3O2. The summed E-state index contributed by atoms with van der Waals surface area (Å²) in [5, 5.41) is 2.94. The van der Waals surface area contributed by atoms with Gasteiger partial charge < -0.3 is 10.1 Å². The zero-order valence-corrected chi connectivity index (χ0v) is 13.7. The molecule has 3 rings (SSSR count). The predicted molar refractivity (Wildman–Crippen MR) is 87.7 cm³/mol. The van der Waals surface area contributed by atoms with Gasteiger partial charge in [0.25, 0.3) is 5.91 Å². The van der Waals surface area contributed by atoms with Gasteiger partial charge in [-0.2, -0.15) is 0 Å². The van der Waals surface area contributed by atoms with E-state index in [2.05, 4.69) is 31.2 Å². The fourth-order valence-corrected chi connectivity index (χ4v) is 2.39. The summed E-state index contributed by atoms with van der Waals surface area (Å²) in [6.45, 7) is -0.380. The SMILES string of the molecule is O=C(COc1ncnc2ccc(Br)cc12)Nc1ccc(F)cc1F. The van der Waals surface area contributed by atoms with Crippen molar-refractivity contribution in [1.29, 1.82) is 0 Å². The lowest BCUT2D eigenvalue weighted by atomic mass is 10.2. The maximum absolute atomic E-state index is 13.5. The quantitative estimate of drug-likeness (QED) is 0.733. The maximum Gasteiger partial charge on any atom is 0.262 e. The molecule has 0 aliphatic carbocycles. The molecule has 0 fully saturated rings. The Morgan fingerprint density at radius 3 is 2.79 bits per heavy atom. The number of nitrogens with zero attached hydrogens (tertiary/aromatic N) is 2. The number of halogens is 3. The summed E-state index contributed by atoms with van der Waals surface area (Å²) in [4.78, 5) is 20.0. The second-order valence-corrected chi connectivity index (χ2v) is 5.72. The van der Waals surface area contributed by atoms with Crippen LogP contribution in [0.1, 0.15) is 0 Å². The average Bonchev–Trinajstić information content (AvgIpc) is 2.55. The van der Waals surface area contributed by atoms with Gasteiger partial charge in [0.05, 0.1) is 16.6 Å². The fourth-order valence-electron chi connectivity index (χ4n) is 2.03. The molecule has 0 saturated heterocycles. The summed E-state index contributed by atoms with van der Waals surface area (Å²) in [6, 6.07) is 8.24. The Labute approximate surface area is 143 Å². The molecule has 2 aromatic carbocycles. The first-order chi connectivity index (χ1) is 11.5. The lowest BCUT2D eigenvalue weighted by Gasteiger charge is -2.09. The third-order valence-electron chi connectivity index (χ3n) is 3.11. The van der Waals surface area contributed by atoms with Gasteiger partial charge in [0.2, 0.25) is 5.88 Å². The Hall–Kier alpha value is -2.61. The number of anilines is 1. The number of fused-ring (bicyclic) bond motifs is 1. The molecule has 3 aromatic rings. The highest BCUT2D eigenvalue weighted by Crippen LogP contribution is 2.25. The van der Waals surface area contributed by atoms with Crippen LogP contribution in [0.2, 0.25) is 0 Å². The van der Waals surface area contributed by atoms with Crippen LogP contribution in [0.5, 0.6) is 5.88 Å². The first kappa shape index (κ1) is 16.3. The van der Waals surface area contributed by atoms with Crippen LogP contribution in [-0.4, -0.2) is 22.5 Å². The van der Waals surface area contributed by atoms with E-state index < -0.39 is 17.5 Å². The molecule has 0 bridgehead atoms. The van der Waals surface area contributed by atoms with Crippen molar-refractivity contribution in [2.24, 2.45) is 0 Å². The van der Waals surface area contributed by atoms with Crippen LogP contribution < -0.4 is 10.1 Å². The molecule has 122 valence electrons. The zero-order valence-electron chi connectivity index (χ0n) is 12.1. The first-order valence-corrected chi connectivity index (χ1v) is 7.60. The van der Waals surface area contributed by atoms with Crippen LogP contribution in [-0.2, 0) is 4.79 Å². The minimum atomic E-state index is -0.861. The summed E-state index contributed by atoms with van der Waals surface area (Å²) in [5.41, 5.74) is 0.536. The molecule has 1 aromatic heterocycles. The molecule has 0 aliphatic heterocycles. The molecule has 1 amide bonds. The number of amides is 1. The van der Waals surface area contributed by atoms with Crippen molar-refractivity contribution in [1.82, 2.24) is 9.97 Å². The maximum atomic E-state index is 13.5. The van der Waals surface area contributed by atoms with Crippen LogP contribution in [0.25, 0.3) is 10.9 Å². The number of benzene rings is 2. The topological polar surface area (TPSA) is 64.1 Å². The summed E-state index contributed by atoms with van der Waals surface area (Å²) in [7, 11) is 0. The van der Waals surface area contributed by atoms with E-state index in [4.69, 9.17) is 4.74 Å². The summed E-state index contributed by atoms with van der Waals surface area (Å²) < 4.78 is 32.5. The molecular weight excluding hydrogens is 384 g/mol. The Morgan fingerprint density at radius 2 is 2.00 bits per heavy atom. The highest BCUT2D eigenvalue weighted by molar-refractivity contribution is 9.10. The molecule has 5 nitrogen and oxygen atoms in total. The zero-order chi connectivity index (χ0) is 17.1. The molecule has 0 atom stereocenters. The number of carbonyl (C=O) groups is 1. The number of rotatable bonds is 4. The van der Waals surface area contributed by atoms with Crippen LogP contribution in [0.4, 0.5) is 14.5 Å². The van der Waals surface area contributed by atoms with Crippen LogP contribution >= 0.6 is 15.9 Å². The lowest BCUT2D eigenvalue weighted by molar-refractivity contribution is -0.118. The average molecular weight is 394 g/mol. The van der Waals surface area contributed by atoms with Gasteiger partial charge in [-0.25, -0.2) is 18.7 Å². The van der Waals surface area contributed by atoms with E-state index in [0.29, 0.717) is 17.0 Å². The van der Waals surface area contributed by atoms with Crippen LogP contribution in [0, 0.1) is 11.6 Å². The second-order valence-electron chi connectivity index (χ2n) is 4.80. The lowest BCUT2D eigenvalue weighted by Crippen LogP contribution is -2.21. The summed E-state index contributed by atoms with van der Waals surface area (Å²) in [5.74, 6) is -1.95. The molecule has 0 radical (unpaired) electrons. The Kier molecular flexibility index (Phi) is 4.66. The second kappa shape index (κ2) is 6.88. The molecule has 8 heteroatoms. The van der Waals surface area contributed by atoms with Gasteiger partial charge in [-0.1, -0.05) is 15.9 Å². The minimum Gasteiger partial charge on any atom is -0.467 e. The van der Waals surface area contributed by atoms with E-state index in [1.807, 2.05) is 6.07 Å². The molecule has 1 heterocycles. The number of carbonyl (C=O) groups excluding carboxylic acids is 1. The number of aromatic nitrogens is 2. The minimum absolute atomic E-state index is 0.125. The van der Waals surface area contributed by atoms with Crippen LogP contribution in [0.3, 0.4) is 0 Å². The molecule has 24 heavy (non-hydrogen) atoms. The number of ether oxygens (including phenoxy) is 1. The predicted octanol–water partition coefficient (Wildman–Crippen LogP) is 3.69. The van der Waals surface area contributed by atoms with Gasteiger partial charge in [0.1, 0.15) is 18.0 Å². The Morgan fingerprint density at radius 1 is 1.17 bits per heavy atom. The van der Waals surface area contributed by atoms with E-state index >= 15 is 0 Å². The van der Waals surface area contributed by atoms with Gasteiger partial charge in [0, 0.05) is 10.5 Å². The van der Waals surface area contributed by atoms with E-state index in [1.54, 1.807) is 12.1 Å². The third kappa shape index (κ3) is 3.65. The van der Waals surface area contributed by atoms with E-state index in [9.17, 15) is 13.6 Å². The fraction of sp³-hybridized carbons (Fsp3) is 0.0625. The number of hydrogen-bond donors (Lipinski definition) is 1. The number of hydrogen-bond acceptors (Lipinski definition) is 4. The van der Waals surface area contributed by atoms with Crippen molar-refractivity contribution >= 4 is 38.4 Å². The van der Waals surface area contributed by atoms with E-state index in [1.165, 1.54) is 6.33 Å². The molecule has 0 unspecified atom stereocenters. The molecule has 0 saturated carbocycles. The van der Waals surface area contributed by atoms with Crippen molar-refractivity contribution < 1.29 is 18.3 Å². The van der Waals surface area contributed by atoms with Gasteiger partial charge in [-0.15, -0.1) is 0 Å². The van der Waals surface area contributed by atoms with E-state index in [0.717, 1.165) is 16.6 Å². The van der Waals surface area contributed by atoms with Gasteiger partial charge >= 0.3 is 0 Å². The van der Waals surface area contributed by atoms with Gasteiger partial charge in [-0.3, -0.25) is 4.79 Å². The van der Waals surface area contributed by atoms with Gasteiger partial charge in [0.15, 0.2) is 6.61 Å².